The van der Waals surface area contributed by atoms with Crippen molar-refractivity contribution in [3.05, 3.63) is 46.7 Å². The Bertz CT molecular complexity index is 750. The topological polar surface area (TPSA) is 99.3 Å². The van der Waals surface area contributed by atoms with Crippen molar-refractivity contribution in [1.82, 2.24) is 4.98 Å². The molecule has 2 rings (SSSR count). The fourth-order valence-electron chi connectivity index (χ4n) is 1.66. The summed E-state index contributed by atoms with van der Waals surface area (Å²) in [5.74, 6) is -1.24. The van der Waals surface area contributed by atoms with Crippen LogP contribution < -0.4 is 4.72 Å². The number of nitrogens with one attached hydrogen (secondary N) is 2. The van der Waals surface area contributed by atoms with Crippen LogP contribution in [-0.2, 0) is 10.0 Å². The second-order valence-corrected chi connectivity index (χ2v) is 6.22. The van der Waals surface area contributed by atoms with Gasteiger partial charge in [0, 0.05) is 10.7 Å². The molecule has 2 aromatic rings. The first-order valence-corrected chi connectivity index (χ1v) is 7.37. The average Bonchev–Trinajstić information content (AvgIpc) is 2.70. The molecule has 1 heterocycles. The molecular formula is C12H11ClN2O4S. The third kappa shape index (κ3) is 2.94. The highest BCUT2D eigenvalue weighted by molar-refractivity contribution is 7.92. The zero-order valence-corrected chi connectivity index (χ0v) is 11.9. The van der Waals surface area contributed by atoms with Crippen molar-refractivity contribution >= 4 is 33.3 Å². The highest BCUT2D eigenvalue weighted by Crippen LogP contribution is 2.22. The summed E-state index contributed by atoms with van der Waals surface area (Å²) in [5.41, 5.74) is 0.321. The van der Waals surface area contributed by atoms with E-state index in [0.29, 0.717) is 10.7 Å². The van der Waals surface area contributed by atoms with Crippen molar-refractivity contribution in [3.8, 4) is 0 Å². The molecule has 0 saturated heterocycles. The van der Waals surface area contributed by atoms with Crippen LogP contribution in [0.3, 0.4) is 0 Å². The van der Waals surface area contributed by atoms with Gasteiger partial charge >= 0.3 is 5.97 Å². The molecule has 0 spiro atoms. The van der Waals surface area contributed by atoms with Crippen LogP contribution in [-0.4, -0.2) is 24.5 Å². The third-order valence-corrected chi connectivity index (χ3v) is 4.17. The van der Waals surface area contributed by atoms with Gasteiger partial charge in [0.05, 0.1) is 10.6 Å². The van der Waals surface area contributed by atoms with Crippen LogP contribution in [0.2, 0.25) is 5.02 Å². The largest absolute Gasteiger partial charge is 0.477 e. The van der Waals surface area contributed by atoms with E-state index in [1.807, 2.05) is 0 Å². The molecule has 20 heavy (non-hydrogen) atoms. The van der Waals surface area contributed by atoms with E-state index < -0.39 is 16.0 Å². The molecule has 0 aliphatic rings. The first-order chi connectivity index (χ1) is 9.29. The summed E-state index contributed by atoms with van der Waals surface area (Å²) in [5, 5.41) is 9.41. The number of carbonyl (C=O) groups is 1. The van der Waals surface area contributed by atoms with Gasteiger partial charge in [0.1, 0.15) is 5.69 Å². The van der Waals surface area contributed by atoms with E-state index in [4.69, 9.17) is 16.7 Å². The van der Waals surface area contributed by atoms with Crippen LogP contribution in [0, 0.1) is 6.92 Å². The number of aromatic nitrogens is 1. The summed E-state index contributed by atoms with van der Waals surface area (Å²) in [6.45, 7) is 1.63. The Labute approximate surface area is 120 Å². The van der Waals surface area contributed by atoms with Gasteiger partial charge in [0.25, 0.3) is 10.0 Å². The number of benzene rings is 1. The van der Waals surface area contributed by atoms with Crippen molar-refractivity contribution in [1.29, 1.82) is 0 Å². The van der Waals surface area contributed by atoms with Gasteiger partial charge in [-0.05, 0) is 37.3 Å². The lowest BCUT2D eigenvalue weighted by Crippen LogP contribution is -2.14. The maximum Gasteiger partial charge on any atom is 0.354 e. The Morgan fingerprint density at radius 3 is 2.45 bits per heavy atom. The standard InChI is InChI=1S/C12H11ClN2O4S/c1-7-6-10(11(14-7)12(16)17)15-20(18,19)9-4-2-8(13)3-5-9/h2-6,14-15H,1H3,(H,16,17). The number of hydrogen-bond donors (Lipinski definition) is 3. The quantitative estimate of drug-likeness (QED) is 0.807. The van der Waals surface area contributed by atoms with Crippen molar-refractivity contribution in [2.75, 3.05) is 4.72 Å². The van der Waals surface area contributed by atoms with Crippen LogP contribution in [0.5, 0.6) is 0 Å². The van der Waals surface area contributed by atoms with Gasteiger partial charge in [-0.15, -0.1) is 0 Å². The van der Waals surface area contributed by atoms with E-state index >= 15 is 0 Å². The van der Waals surface area contributed by atoms with Crippen molar-refractivity contribution < 1.29 is 18.3 Å². The number of hydrogen-bond acceptors (Lipinski definition) is 3. The van der Waals surface area contributed by atoms with Crippen molar-refractivity contribution in [2.45, 2.75) is 11.8 Å². The number of H-pyrrole nitrogens is 1. The van der Waals surface area contributed by atoms with E-state index in [0.717, 1.165) is 0 Å². The van der Waals surface area contributed by atoms with Crippen LogP contribution >= 0.6 is 11.6 Å². The summed E-state index contributed by atoms with van der Waals surface area (Å²) in [6, 6.07) is 6.97. The molecule has 0 atom stereocenters. The van der Waals surface area contributed by atoms with Crippen LogP contribution in [0.1, 0.15) is 16.2 Å². The molecule has 0 amide bonds. The van der Waals surface area contributed by atoms with Gasteiger partial charge in [0.15, 0.2) is 0 Å². The Morgan fingerprint density at radius 2 is 1.90 bits per heavy atom. The molecule has 0 unspecified atom stereocenters. The number of aromatic carboxylic acids is 1. The predicted octanol–water partition coefficient (Wildman–Crippen LogP) is 2.48. The normalized spacial score (nSPS) is 11.3. The van der Waals surface area contributed by atoms with Gasteiger partial charge in [-0.3, -0.25) is 4.72 Å². The Hall–Kier alpha value is -1.99. The highest BCUT2D eigenvalue weighted by Gasteiger charge is 2.20. The lowest BCUT2D eigenvalue weighted by atomic mass is 10.4. The van der Waals surface area contributed by atoms with E-state index in [1.54, 1.807) is 6.92 Å². The van der Waals surface area contributed by atoms with Gasteiger partial charge in [0.2, 0.25) is 0 Å². The Morgan fingerprint density at radius 1 is 1.30 bits per heavy atom. The van der Waals surface area contributed by atoms with E-state index in [1.165, 1.54) is 30.3 Å². The summed E-state index contributed by atoms with van der Waals surface area (Å²) in [4.78, 5) is 13.6. The molecule has 0 aliphatic heterocycles. The lowest BCUT2D eigenvalue weighted by Gasteiger charge is -2.07. The molecule has 1 aromatic heterocycles. The summed E-state index contributed by atoms with van der Waals surface area (Å²) >= 11 is 5.69. The van der Waals surface area contributed by atoms with Crippen LogP contribution in [0.15, 0.2) is 35.2 Å². The smallest absolute Gasteiger partial charge is 0.354 e. The number of carboxylic acid groups (broad SMARTS) is 1. The predicted molar refractivity (Wildman–Crippen MR) is 74.7 cm³/mol. The van der Waals surface area contributed by atoms with Crippen LogP contribution in [0.25, 0.3) is 0 Å². The molecule has 1 aromatic carbocycles. The van der Waals surface area contributed by atoms with Gasteiger partial charge in [-0.25, -0.2) is 13.2 Å². The molecule has 0 saturated carbocycles. The van der Waals surface area contributed by atoms with E-state index in [2.05, 4.69) is 9.71 Å². The Balaban J connectivity index is 2.38. The van der Waals surface area contributed by atoms with Crippen molar-refractivity contribution in [3.63, 3.8) is 0 Å². The maximum absolute atomic E-state index is 12.1. The second-order valence-electron chi connectivity index (χ2n) is 4.11. The highest BCUT2D eigenvalue weighted by atomic mass is 35.5. The van der Waals surface area contributed by atoms with Gasteiger partial charge < -0.3 is 10.1 Å². The van der Waals surface area contributed by atoms with E-state index in [9.17, 15) is 13.2 Å². The summed E-state index contributed by atoms with van der Waals surface area (Å²) in [6.07, 6.45) is 0. The molecule has 3 N–H and O–H groups in total. The first kappa shape index (κ1) is 14.4. The average molecular weight is 315 g/mol. The fourth-order valence-corrected chi connectivity index (χ4v) is 2.84. The zero-order chi connectivity index (χ0) is 14.9. The van der Waals surface area contributed by atoms with Gasteiger partial charge in [-0.2, -0.15) is 0 Å². The molecule has 0 fully saturated rings. The maximum atomic E-state index is 12.1. The second kappa shape index (κ2) is 5.18. The van der Waals surface area contributed by atoms with Gasteiger partial charge in [-0.1, -0.05) is 11.6 Å². The summed E-state index contributed by atoms with van der Waals surface area (Å²) in [7, 11) is -3.86. The first-order valence-electron chi connectivity index (χ1n) is 5.51. The lowest BCUT2D eigenvalue weighted by molar-refractivity contribution is 0.0692. The number of anilines is 1. The number of carboxylic acids is 1. The SMILES string of the molecule is Cc1cc(NS(=O)(=O)c2ccc(Cl)cc2)c(C(=O)O)[nH]1. The minimum atomic E-state index is -3.86. The number of aryl methyl sites for hydroxylation is 1. The minimum absolute atomic E-state index is 0.00269. The summed E-state index contributed by atoms with van der Waals surface area (Å²) < 4.78 is 26.5. The zero-order valence-electron chi connectivity index (χ0n) is 10.3. The van der Waals surface area contributed by atoms with E-state index in [-0.39, 0.29) is 16.3 Å². The molecule has 106 valence electrons. The third-order valence-electron chi connectivity index (χ3n) is 2.53. The Kier molecular flexibility index (Phi) is 3.74. The number of rotatable bonds is 4. The minimum Gasteiger partial charge on any atom is -0.477 e. The number of aromatic amines is 1. The number of halogens is 1. The molecule has 6 nitrogen and oxygen atoms in total. The number of sulfonamides is 1. The van der Waals surface area contributed by atoms with Crippen molar-refractivity contribution in [2.24, 2.45) is 0 Å². The monoisotopic (exact) mass is 314 g/mol. The molecule has 0 bridgehead atoms. The van der Waals surface area contributed by atoms with Crippen LogP contribution in [0.4, 0.5) is 5.69 Å². The molecule has 8 heteroatoms. The fraction of sp³-hybridized carbons (Fsp3) is 0.0833. The molecule has 0 radical (unpaired) electrons. The molecule has 0 aliphatic carbocycles. The molecular weight excluding hydrogens is 304 g/mol.